The second-order valence-corrected chi connectivity index (χ2v) is 9.91. The maximum Gasteiger partial charge on any atom is 0.281 e. The predicted octanol–water partition coefficient (Wildman–Crippen LogP) is 0.416. The molecule has 1 aromatic carbocycles. The van der Waals surface area contributed by atoms with E-state index in [1.54, 1.807) is 19.1 Å². The molecule has 1 aliphatic heterocycles. The number of hydrogen-bond donors (Lipinski definition) is 0. The number of nitrogens with zero attached hydrogens (tertiary/aromatic N) is 3. The van der Waals surface area contributed by atoms with Crippen LogP contribution >= 0.6 is 0 Å². The van der Waals surface area contributed by atoms with E-state index in [1.165, 1.54) is 22.7 Å². The first-order valence-corrected chi connectivity index (χ1v) is 10.2. The van der Waals surface area contributed by atoms with Gasteiger partial charge < -0.3 is 0 Å². The summed E-state index contributed by atoms with van der Waals surface area (Å²) in [7, 11) is -4.18. The van der Waals surface area contributed by atoms with E-state index >= 15 is 0 Å². The topological polar surface area (TPSA) is 78.0 Å². The molecule has 1 saturated heterocycles. The van der Waals surface area contributed by atoms with Crippen LogP contribution in [-0.2, 0) is 20.2 Å². The molecule has 0 aliphatic carbocycles. The molecule has 1 aliphatic rings. The van der Waals surface area contributed by atoms with Crippen molar-refractivity contribution in [2.45, 2.75) is 18.7 Å². The van der Waals surface area contributed by atoms with Crippen LogP contribution < -0.4 is 0 Å². The normalized spacial score (nSPS) is 18.5. The SMILES string of the molecule is Cc1ccc(C)c(S(=O)(=O)N2CCN(S(=O)(=O)N(C)C)CC2)c1. The zero-order chi connectivity index (χ0) is 17.4. The number of hydrogen-bond acceptors (Lipinski definition) is 4. The Morgan fingerprint density at radius 3 is 1.96 bits per heavy atom. The highest BCUT2D eigenvalue weighted by atomic mass is 32.2. The minimum atomic E-state index is -3.61. The second kappa shape index (κ2) is 6.48. The van der Waals surface area contributed by atoms with Crippen LogP contribution in [0.15, 0.2) is 23.1 Å². The van der Waals surface area contributed by atoms with Gasteiger partial charge in [-0.1, -0.05) is 12.1 Å². The number of rotatable bonds is 4. The van der Waals surface area contributed by atoms with Crippen LogP contribution in [0.4, 0.5) is 0 Å². The fourth-order valence-corrected chi connectivity index (χ4v) is 5.31. The predicted molar refractivity (Wildman–Crippen MR) is 88.9 cm³/mol. The zero-order valence-corrected chi connectivity index (χ0v) is 15.5. The molecule has 0 N–H and O–H groups in total. The molecule has 130 valence electrons. The molecule has 0 amide bonds. The summed E-state index contributed by atoms with van der Waals surface area (Å²) in [5.74, 6) is 0. The third-order valence-electron chi connectivity index (χ3n) is 3.95. The van der Waals surface area contributed by atoms with Gasteiger partial charge >= 0.3 is 0 Å². The van der Waals surface area contributed by atoms with E-state index in [2.05, 4.69) is 0 Å². The quantitative estimate of drug-likeness (QED) is 0.778. The lowest BCUT2D eigenvalue weighted by molar-refractivity contribution is 0.262. The molecule has 0 unspecified atom stereocenters. The molecule has 1 aromatic rings. The molecule has 0 saturated carbocycles. The molecule has 0 aromatic heterocycles. The average molecular weight is 361 g/mol. The van der Waals surface area contributed by atoms with Gasteiger partial charge in [0.15, 0.2) is 0 Å². The fourth-order valence-electron chi connectivity index (χ4n) is 2.50. The van der Waals surface area contributed by atoms with E-state index in [4.69, 9.17) is 0 Å². The molecule has 23 heavy (non-hydrogen) atoms. The lowest BCUT2D eigenvalue weighted by atomic mass is 10.2. The van der Waals surface area contributed by atoms with Crippen molar-refractivity contribution in [1.82, 2.24) is 12.9 Å². The first-order chi connectivity index (χ1) is 10.6. The molecule has 2 rings (SSSR count). The average Bonchev–Trinajstić information content (AvgIpc) is 2.49. The summed E-state index contributed by atoms with van der Waals surface area (Å²) in [6, 6.07) is 5.32. The van der Waals surface area contributed by atoms with Crippen LogP contribution in [0.1, 0.15) is 11.1 Å². The first-order valence-electron chi connectivity index (χ1n) is 7.32. The van der Waals surface area contributed by atoms with Crippen LogP contribution in [0.2, 0.25) is 0 Å². The van der Waals surface area contributed by atoms with Gasteiger partial charge in [-0.3, -0.25) is 0 Å². The summed E-state index contributed by atoms with van der Waals surface area (Å²) in [5.41, 5.74) is 1.57. The fraction of sp³-hybridized carbons (Fsp3) is 0.571. The van der Waals surface area contributed by atoms with E-state index in [9.17, 15) is 16.8 Å². The molecular formula is C14H23N3O4S2. The van der Waals surface area contributed by atoms with Gasteiger partial charge in [0, 0.05) is 40.3 Å². The van der Waals surface area contributed by atoms with E-state index in [0.717, 1.165) is 9.87 Å². The van der Waals surface area contributed by atoms with Gasteiger partial charge in [0.05, 0.1) is 4.90 Å². The Labute approximate surface area is 138 Å². The smallest absolute Gasteiger partial charge is 0.207 e. The largest absolute Gasteiger partial charge is 0.281 e. The second-order valence-electron chi connectivity index (χ2n) is 5.86. The van der Waals surface area contributed by atoms with Crippen LogP contribution in [0.5, 0.6) is 0 Å². The maximum absolute atomic E-state index is 12.8. The van der Waals surface area contributed by atoms with Crippen LogP contribution in [0.3, 0.4) is 0 Å². The van der Waals surface area contributed by atoms with E-state index < -0.39 is 20.2 Å². The molecular weight excluding hydrogens is 338 g/mol. The van der Waals surface area contributed by atoms with Crippen molar-refractivity contribution in [3.8, 4) is 0 Å². The Kier molecular flexibility index (Phi) is 5.17. The summed E-state index contributed by atoms with van der Waals surface area (Å²) in [6.07, 6.45) is 0. The number of benzene rings is 1. The number of sulfonamides is 1. The van der Waals surface area contributed by atoms with Crippen molar-refractivity contribution < 1.29 is 16.8 Å². The molecule has 7 nitrogen and oxygen atoms in total. The van der Waals surface area contributed by atoms with Gasteiger partial charge in [0.2, 0.25) is 10.0 Å². The van der Waals surface area contributed by atoms with Gasteiger partial charge in [-0.25, -0.2) is 8.42 Å². The van der Waals surface area contributed by atoms with Crippen LogP contribution in [-0.4, -0.2) is 70.0 Å². The monoisotopic (exact) mass is 361 g/mol. The standard InChI is InChI=1S/C14H23N3O4S2/c1-12-5-6-13(2)14(11-12)22(18,19)16-7-9-17(10-8-16)23(20,21)15(3)4/h5-6,11H,7-10H2,1-4H3. The Morgan fingerprint density at radius 2 is 1.43 bits per heavy atom. The molecule has 0 radical (unpaired) electrons. The highest BCUT2D eigenvalue weighted by Crippen LogP contribution is 2.23. The lowest BCUT2D eigenvalue weighted by Crippen LogP contribution is -2.53. The van der Waals surface area contributed by atoms with E-state index in [1.807, 2.05) is 13.0 Å². The Balaban J connectivity index is 2.21. The first kappa shape index (κ1) is 18.3. The summed E-state index contributed by atoms with van der Waals surface area (Å²) >= 11 is 0. The molecule has 0 spiro atoms. The van der Waals surface area contributed by atoms with Crippen molar-refractivity contribution in [3.05, 3.63) is 29.3 Å². The van der Waals surface area contributed by atoms with Crippen LogP contribution in [0.25, 0.3) is 0 Å². The van der Waals surface area contributed by atoms with E-state index in [0.29, 0.717) is 10.5 Å². The minimum absolute atomic E-state index is 0.156. The molecule has 0 atom stereocenters. The Morgan fingerprint density at radius 1 is 0.913 bits per heavy atom. The van der Waals surface area contributed by atoms with Crippen molar-refractivity contribution >= 4 is 20.2 Å². The van der Waals surface area contributed by atoms with Gasteiger partial charge in [0.1, 0.15) is 0 Å². The van der Waals surface area contributed by atoms with Gasteiger partial charge in [-0.05, 0) is 31.0 Å². The van der Waals surface area contributed by atoms with Gasteiger partial charge in [0.25, 0.3) is 10.2 Å². The summed E-state index contributed by atoms with van der Waals surface area (Å²) in [4.78, 5) is 0.293. The van der Waals surface area contributed by atoms with E-state index in [-0.39, 0.29) is 26.2 Å². The third-order valence-corrected chi connectivity index (χ3v) is 7.93. The van der Waals surface area contributed by atoms with Gasteiger partial charge in [-0.2, -0.15) is 21.3 Å². The third kappa shape index (κ3) is 3.58. The highest BCUT2D eigenvalue weighted by Gasteiger charge is 2.34. The Bertz CT molecular complexity index is 780. The lowest BCUT2D eigenvalue weighted by Gasteiger charge is -2.34. The summed E-state index contributed by atoms with van der Waals surface area (Å²) in [6.45, 7) is 4.24. The molecule has 0 bridgehead atoms. The minimum Gasteiger partial charge on any atom is -0.207 e. The Hall–Kier alpha value is -1.00. The number of aryl methyl sites for hydroxylation is 2. The van der Waals surface area contributed by atoms with Crippen molar-refractivity contribution in [1.29, 1.82) is 0 Å². The van der Waals surface area contributed by atoms with Crippen molar-refractivity contribution in [2.24, 2.45) is 0 Å². The maximum atomic E-state index is 12.8. The summed E-state index contributed by atoms with van der Waals surface area (Å²) < 4.78 is 53.6. The number of piperazine rings is 1. The molecule has 1 heterocycles. The molecule has 1 fully saturated rings. The van der Waals surface area contributed by atoms with Crippen LogP contribution in [0, 0.1) is 13.8 Å². The molecule has 9 heteroatoms. The van der Waals surface area contributed by atoms with Crippen molar-refractivity contribution in [3.63, 3.8) is 0 Å². The zero-order valence-electron chi connectivity index (χ0n) is 13.9. The highest BCUT2D eigenvalue weighted by molar-refractivity contribution is 7.89. The summed E-state index contributed by atoms with van der Waals surface area (Å²) in [5, 5.41) is 0. The van der Waals surface area contributed by atoms with Crippen molar-refractivity contribution in [2.75, 3.05) is 40.3 Å². The van der Waals surface area contributed by atoms with Gasteiger partial charge in [-0.15, -0.1) is 0 Å².